The van der Waals surface area contributed by atoms with Crippen molar-refractivity contribution in [3.8, 4) is 0 Å². The molecule has 0 radical (unpaired) electrons. The second-order valence-electron chi connectivity index (χ2n) is 2.28. The van der Waals surface area contributed by atoms with E-state index in [-0.39, 0.29) is 0 Å². The summed E-state index contributed by atoms with van der Waals surface area (Å²) in [6.45, 7) is 5.85. The van der Waals surface area contributed by atoms with Gasteiger partial charge in [0.15, 0.2) is 0 Å². The summed E-state index contributed by atoms with van der Waals surface area (Å²) in [6, 6.07) is 0. The summed E-state index contributed by atoms with van der Waals surface area (Å²) >= 11 is 0. The SMILES string of the molecule is CCN(C)N1CCC1. The fraction of sp³-hybridized carbons (Fsp3) is 1.00. The molecule has 0 N–H and O–H groups in total. The Balaban J connectivity index is 2.13. The van der Waals surface area contributed by atoms with Gasteiger partial charge in [-0.15, -0.1) is 0 Å². The highest BCUT2D eigenvalue weighted by Crippen LogP contribution is 2.06. The van der Waals surface area contributed by atoms with Gasteiger partial charge in [0, 0.05) is 26.7 Å². The molecule has 0 unspecified atom stereocenters. The summed E-state index contributed by atoms with van der Waals surface area (Å²) in [5, 5.41) is 4.63. The lowest BCUT2D eigenvalue weighted by Crippen LogP contribution is -2.48. The van der Waals surface area contributed by atoms with Crippen LogP contribution in [0.25, 0.3) is 0 Å². The quantitative estimate of drug-likeness (QED) is 0.517. The van der Waals surface area contributed by atoms with E-state index in [0.717, 1.165) is 6.54 Å². The van der Waals surface area contributed by atoms with E-state index in [0.29, 0.717) is 0 Å². The van der Waals surface area contributed by atoms with E-state index in [1.54, 1.807) is 0 Å². The van der Waals surface area contributed by atoms with Gasteiger partial charge in [-0.1, -0.05) is 6.92 Å². The van der Waals surface area contributed by atoms with E-state index in [9.17, 15) is 0 Å². The third-order valence-corrected chi connectivity index (χ3v) is 1.77. The van der Waals surface area contributed by atoms with Gasteiger partial charge in [-0.3, -0.25) is 0 Å². The van der Waals surface area contributed by atoms with Crippen molar-refractivity contribution in [2.24, 2.45) is 0 Å². The maximum atomic E-state index is 2.36. The smallest absolute Gasteiger partial charge is 0.0146 e. The summed E-state index contributed by atoms with van der Waals surface area (Å²) in [5.74, 6) is 0. The third kappa shape index (κ3) is 1.01. The molecule has 0 atom stereocenters. The molecule has 48 valence electrons. The summed E-state index contributed by atoms with van der Waals surface area (Å²) in [6.07, 6.45) is 1.38. The molecule has 0 aromatic carbocycles. The molecule has 1 aliphatic heterocycles. The normalized spacial score (nSPS) is 21.4. The van der Waals surface area contributed by atoms with Gasteiger partial charge in [-0.2, -0.15) is 0 Å². The summed E-state index contributed by atoms with van der Waals surface area (Å²) in [7, 11) is 2.14. The summed E-state index contributed by atoms with van der Waals surface area (Å²) < 4.78 is 0. The van der Waals surface area contributed by atoms with Crippen LogP contribution < -0.4 is 0 Å². The van der Waals surface area contributed by atoms with Gasteiger partial charge in [0.2, 0.25) is 0 Å². The van der Waals surface area contributed by atoms with Crippen LogP contribution in [0.5, 0.6) is 0 Å². The highest BCUT2D eigenvalue weighted by Gasteiger charge is 2.15. The molecule has 0 saturated carbocycles. The second-order valence-corrected chi connectivity index (χ2v) is 2.28. The van der Waals surface area contributed by atoms with Crippen molar-refractivity contribution in [3.05, 3.63) is 0 Å². The zero-order valence-corrected chi connectivity index (χ0v) is 5.72. The van der Waals surface area contributed by atoms with Crippen LogP contribution >= 0.6 is 0 Å². The number of hydrazine groups is 1. The standard InChI is InChI=1S/C6H14N2/c1-3-7(2)8-5-4-6-8/h3-6H2,1-2H3. The van der Waals surface area contributed by atoms with Gasteiger partial charge in [0.05, 0.1) is 0 Å². The topological polar surface area (TPSA) is 6.48 Å². The van der Waals surface area contributed by atoms with Gasteiger partial charge in [0.1, 0.15) is 0 Å². The summed E-state index contributed by atoms with van der Waals surface area (Å²) in [4.78, 5) is 0. The van der Waals surface area contributed by atoms with E-state index in [1.165, 1.54) is 19.5 Å². The number of hydrogen-bond acceptors (Lipinski definition) is 2. The maximum absolute atomic E-state index is 2.36. The lowest BCUT2D eigenvalue weighted by molar-refractivity contribution is -0.0474. The molecule has 1 heterocycles. The predicted molar refractivity (Wildman–Crippen MR) is 34.5 cm³/mol. The van der Waals surface area contributed by atoms with Gasteiger partial charge in [-0.05, 0) is 6.42 Å². The zero-order valence-electron chi connectivity index (χ0n) is 5.72. The minimum absolute atomic E-state index is 1.14. The van der Waals surface area contributed by atoms with Crippen molar-refractivity contribution in [2.45, 2.75) is 13.3 Å². The van der Waals surface area contributed by atoms with Crippen LogP contribution in [0, 0.1) is 0 Å². The van der Waals surface area contributed by atoms with E-state index >= 15 is 0 Å². The first-order chi connectivity index (χ1) is 3.84. The second kappa shape index (κ2) is 2.46. The van der Waals surface area contributed by atoms with Gasteiger partial charge in [-0.25, -0.2) is 10.0 Å². The molecule has 0 spiro atoms. The molecule has 2 nitrogen and oxygen atoms in total. The third-order valence-electron chi connectivity index (χ3n) is 1.77. The van der Waals surface area contributed by atoms with Crippen molar-refractivity contribution in [1.29, 1.82) is 0 Å². The van der Waals surface area contributed by atoms with Crippen LogP contribution in [-0.4, -0.2) is 36.7 Å². The van der Waals surface area contributed by atoms with Gasteiger partial charge < -0.3 is 0 Å². The average Bonchev–Trinajstić information content (AvgIpc) is 1.62. The molecule has 0 amide bonds. The molecule has 8 heavy (non-hydrogen) atoms. The largest absolute Gasteiger partial charge is 0.245 e. The molecule has 1 saturated heterocycles. The molecule has 0 aromatic heterocycles. The minimum atomic E-state index is 1.14. The van der Waals surface area contributed by atoms with Gasteiger partial charge in [0.25, 0.3) is 0 Å². The van der Waals surface area contributed by atoms with Crippen molar-refractivity contribution in [3.63, 3.8) is 0 Å². The average molecular weight is 114 g/mol. The fourth-order valence-corrected chi connectivity index (χ4v) is 0.841. The Morgan fingerprint density at radius 1 is 1.50 bits per heavy atom. The summed E-state index contributed by atoms with van der Waals surface area (Å²) in [5.41, 5.74) is 0. The Bertz CT molecular complexity index is 66.2. The maximum Gasteiger partial charge on any atom is 0.0146 e. The zero-order chi connectivity index (χ0) is 5.98. The van der Waals surface area contributed by atoms with Crippen LogP contribution in [0.2, 0.25) is 0 Å². The van der Waals surface area contributed by atoms with Crippen molar-refractivity contribution in [2.75, 3.05) is 26.7 Å². The lowest BCUT2D eigenvalue weighted by atomic mass is 10.3. The van der Waals surface area contributed by atoms with E-state index in [2.05, 4.69) is 24.0 Å². The Kier molecular flexibility index (Phi) is 1.86. The molecular formula is C6H14N2. The monoisotopic (exact) mass is 114 g/mol. The van der Waals surface area contributed by atoms with Crippen molar-refractivity contribution in [1.82, 2.24) is 10.0 Å². The highest BCUT2D eigenvalue weighted by molar-refractivity contribution is 4.63. The number of nitrogens with zero attached hydrogens (tertiary/aromatic N) is 2. The Labute approximate surface area is 51.0 Å². The Hall–Kier alpha value is -0.0800. The minimum Gasteiger partial charge on any atom is -0.245 e. The lowest BCUT2D eigenvalue weighted by Gasteiger charge is -2.37. The van der Waals surface area contributed by atoms with Crippen molar-refractivity contribution >= 4 is 0 Å². The molecule has 0 aliphatic carbocycles. The van der Waals surface area contributed by atoms with Crippen LogP contribution in [0.15, 0.2) is 0 Å². The predicted octanol–water partition coefficient (Wildman–Crippen LogP) is 0.559. The first-order valence-corrected chi connectivity index (χ1v) is 3.30. The number of rotatable bonds is 2. The van der Waals surface area contributed by atoms with Crippen LogP contribution in [-0.2, 0) is 0 Å². The molecule has 1 aliphatic rings. The van der Waals surface area contributed by atoms with E-state index < -0.39 is 0 Å². The molecule has 1 fully saturated rings. The van der Waals surface area contributed by atoms with Crippen LogP contribution in [0.3, 0.4) is 0 Å². The van der Waals surface area contributed by atoms with E-state index in [4.69, 9.17) is 0 Å². The fourth-order valence-electron chi connectivity index (χ4n) is 0.841. The van der Waals surface area contributed by atoms with E-state index in [1.807, 2.05) is 0 Å². The molecule has 0 bridgehead atoms. The molecule has 0 aromatic rings. The first kappa shape index (κ1) is 6.05. The van der Waals surface area contributed by atoms with Crippen LogP contribution in [0.1, 0.15) is 13.3 Å². The Morgan fingerprint density at radius 2 is 2.12 bits per heavy atom. The molecule has 2 heteroatoms. The Morgan fingerprint density at radius 3 is 2.25 bits per heavy atom. The molecule has 1 rings (SSSR count). The first-order valence-electron chi connectivity index (χ1n) is 3.30. The highest BCUT2D eigenvalue weighted by atomic mass is 15.6. The van der Waals surface area contributed by atoms with Crippen molar-refractivity contribution < 1.29 is 0 Å². The van der Waals surface area contributed by atoms with Crippen LogP contribution in [0.4, 0.5) is 0 Å². The number of hydrogen-bond donors (Lipinski definition) is 0. The van der Waals surface area contributed by atoms with Gasteiger partial charge >= 0.3 is 0 Å². The molecular weight excluding hydrogens is 100 g/mol.